The minimum atomic E-state index is 0.0152. The van der Waals surface area contributed by atoms with Crippen molar-refractivity contribution in [2.75, 3.05) is 19.6 Å². The number of fused-ring (bicyclic) bond motifs is 2. The van der Waals surface area contributed by atoms with Crippen molar-refractivity contribution in [3.05, 3.63) is 33.4 Å². The average Bonchev–Trinajstić information content (AvgIpc) is 3.11. The van der Waals surface area contributed by atoms with Gasteiger partial charge in [0.15, 0.2) is 5.65 Å². The number of likely N-dealkylation sites (tertiary alicyclic amines) is 1. The molecular weight excluding hydrogens is 354 g/mol. The largest absolute Gasteiger partial charge is 0.342 e. The van der Waals surface area contributed by atoms with Crippen LogP contribution in [0.25, 0.3) is 5.65 Å². The van der Waals surface area contributed by atoms with Crippen LogP contribution in [0.3, 0.4) is 0 Å². The van der Waals surface area contributed by atoms with Crippen LogP contribution in [0.15, 0.2) is 10.9 Å². The number of nitrogens with zero attached hydrogens (tertiary/aromatic N) is 4. The first-order valence-electron chi connectivity index (χ1n) is 10.5. The quantitative estimate of drug-likeness (QED) is 0.879. The molecule has 2 aromatic heterocycles. The number of rotatable bonds is 3. The molecule has 2 aliphatic rings. The molecule has 1 fully saturated rings. The Bertz CT molecular complexity index is 942. The summed E-state index contributed by atoms with van der Waals surface area (Å²) in [6, 6.07) is 2.42. The highest BCUT2D eigenvalue weighted by Gasteiger charge is 2.28. The number of carbonyl (C=O) groups is 1. The van der Waals surface area contributed by atoms with E-state index in [1.54, 1.807) is 4.52 Å². The van der Waals surface area contributed by atoms with Crippen molar-refractivity contribution < 1.29 is 4.79 Å². The van der Waals surface area contributed by atoms with E-state index < -0.39 is 0 Å². The van der Waals surface area contributed by atoms with Crippen LogP contribution in [-0.4, -0.2) is 56.0 Å². The van der Waals surface area contributed by atoms with Gasteiger partial charge in [-0.05, 0) is 26.7 Å². The Morgan fingerprint density at radius 2 is 2.04 bits per heavy atom. The summed E-state index contributed by atoms with van der Waals surface area (Å²) in [5.74, 6) is 0.448. The molecular formula is C21H31N5O2. The first-order chi connectivity index (χ1) is 13.3. The van der Waals surface area contributed by atoms with Crippen LogP contribution in [0.1, 0.15) is 63.4 Å². The van der Waals surface area contributed by atoms with E-state index >= 15 is 0 Å². The number of nitrogens with one attached hydrogen (secondary N) is 1. The molecule has 1 N–H and O–H groups in total. The maximum absolute atomic E-state index is 13.1. The van der Waals surface area contributed by atoms with E-state index in [0.717, 1.165) is 49.3 Å². The number of aromatic amines is 1. The van der Waals surface area contributed by atoms with Gasteiger partial charge in [-0.3, -0.25) is 19.6 Å². The van der Waals surface area contributed by atoms with E-state index in [9.17, 15) is 9.59 Å². The fourth-order valence-corrected chi connectivity index (χ4v) is 4.47. The lowest BCUT2D eigenvalue weighted by Gasteiger charge is -2.33. The molecule has 1 atom stereocenters. The summed E-state index contributed by atoms with van der Waals surface area (Å²) < 4.78 is 1.60. The zero-order valence-corrected chi connectivity index (χ0v) is 17.4. The summed E-state index contributed by atoms with van der Waals surface area (Å²) in [5.41, 5.74) is 3.47. The normalized spacial score (nSPS) is 20.9. The monoisotopic (exact) mass is 385 g/mol. The molecule has 2 aliphatic heterocycles. The van der Waals surface area contributed by atoms with Gasteiger partial charge in [0.25, 0.3) is 5.56 Å². The lowest BCUT2D eigenvalue weighted by molar-refractivity contribution is -0.135. The molecule has 0 unspecified atom stereocenters. The third-order valence-corrected chi connectivity index (χ3v) is 6.21. The smallest absolute Gasteiger partial charge is 0.277 e. The predicted octanol–water partition coefficient (Wildman–Crippen LogP) is 2.15. The van der Waals surface area contributed by atoms with Crippen LogP contribution in [-0.2, 0) is 17.8 Å². The summed E-state index contributed by atoms with van der Waals surface area (Å²) in [4.78, 5) is 34.6. The van der Waals surface area contributed by atoms with E-state index in [2.05, 4.69) is 23.8 Å². The summed E-state index contributed by atoms with van der Waals surface area (Å²) in [7, 11) is 0. The molecule has 0 spiro atoms. The zero-order chi connectivity index (χ0) is 20.0. The highest BCUT2D eigenvalue weighted by atomic mass is 16.2. The van der Waals surface area contributed by atoms with Gasteiger partial charge in [-0.1, -0.05) is 13.8 Å². The number of carbonyl (C=O) groups excluding carboxylic acids is 1. The predicted molar refractivity (Wildman–Crippen MR) is 108 cm³/mol. The molecule has 0 aromatic carbocycles. The zero-order valence-electron chi connectivity index (χ0n) is 17.4. The van der Waals surface area contributed by atoms with Gasteiger partial charge < -0.3 is 4.90 Å². The molecule has 7 heteroatoms. The van der Waals surface area contributed by atoms with Crippen LogP contribution in [0.5, 0.6) is 0 Å². The maximum Gasteiger partial charge on any atom is 0.277 e. The second-order valence-electron chi connectivity index (χ2n) is 8.84. The Kier molecular flexibility index (Phi) is 5.04. The molecule has 1 amide bonds. The van der Waals surface area contributed by atoms with Crippen LogP contribution in [0.4, 0.5) is 0 Å². The molecule has 0 aliphatic carbocycles. The number of piperidine rings is 1. The summed E-state index contributed by atoms with van der Waals surface area (Å²) >= 11 is 0. The standard InChI is InChI=1S/C21H31N5O2/c1-13(2)20(27)25-8-5-6-15(11-25)18-10-19-22-17-7-9-24(14(3)4)12-16(17)21(28)26(19)23-18/h10,13-15,23H,5-9,11-12H2,1-4H3/t15-/m0/s1. The number of hydrogen-bond donors (Lipinski definition) is 1. The summed E-state index contributed by atoms with van der Waals surface area (Å²) in [5, 5.41) is 3.30. The van der Waals surface area contributed by atoms with Crippen LogP contribution in [0.2, 0.25) is 0 Å². The van der Waals surface area contributed by atoms with Crippen molar-refractivity contribution in [2.45, 2.75) is 65.5 Å². The molecule has 2 aromatic rings. The SMILES string of the molecule is CC(C)C(=O)N1CCC[C@H](c2cc3nc4c(c(=O)n3[nH]2)CN(C(C)C)CC4)C1. The third-order valence-electron chi connectivity index (χ3n) is 6.21. The Balaban J connectivity index is 1.64. The molecule has 7 nitrogen and oxygen atoms in total. The van der Waals surface area contributed by atoms with Gasteiger partial charge in [0.05, 0.1) is 11.3 Å². The lowest BCUT2D eigenvalue weighted by atomic mass is 9.94. The van der Waals surface area contributed by atoms with E-state index in [1.165, 1.54) is 0 Å². The minimum Gasteiger partial charge on any atom is -0.342 e. The molecule has 0 radical (unpaired) electrons. The second kappa shape index (κ2) is 7.35. The van der Waals surface area contributed by atoms with E-state index in [0.29, 0.717) is 24.8 Å². The van der Waals surface area contributed by atoms with Crippen LogP contribution >= 0.6 is 0 Å². The average molecular weight is 386 g/mol. The second-order valence-corrected chi connectivity index (χ2v) is 8.84. The van der Waals surface area contributed by atoms with Crippen LogP contribution in [0, 0.1) is 5.92 Å². The van der Waals surface area contributed by atoms with Crippen molar-refractivity contribution >= 4 is 11.6 Å². The Labute approximate surface area is 165 Å². The Morgan fingerprint density at radius 3 is 2.75 bits per heavy atom. The maximum atomic E-state index is 13.1. The number of H-pyrrole nitrogens is 1. The lowest BCUT2D eigenvalue weighted by Crippen LogP contribution is -2.41. The van der Waals surface area contributed by atoms with Gasteiger partial charge >= 0.3 is 0 Å². The number of amides is 1. The van der Waals surface area contributed by atoms with Crippen molar-refractivity contribution in [1.29, 1.82) is 0 Å². The molecule has 0 saturated carbocycles. The summed E-state index contributed by atoms with van der Waals surface area (Å²) in [6.07, 6.45) is 2.82. The van der Waals surface area contributed by atoms with Gasteiger partial charge in [-0.2, -0.15) is 0 Å². The summed E-state index contributed by atoms with van der Waals surface area (Å²) in [6.45, 7) is 11.4. The van der Waals surface area contributed by atoms with Crippen LogP contribution < -0.4 is 5.56 Å². The minimum absolute atomic E-state index is 0.0152. The van der Waals surface area contributed by atoms with Crippen molar-refractivity contribution in [3.8, 4) is 0 Å². The fourth-order valence-electron chi connectivity index (χ4n) is 4.47. The highest BCUT2D eigenvalue weighted by molar-refractivity contribution is 5.78. The van der Waals surface area contributed by atoms with Gasteiger partial charge in [-0.15, -0.1) is 0 Å². The molecule has 4 heterocycles. The molecule has 0 bridgehead atoms. The van der Waals surface area contributed by atoms with Crippen molar-refractivity contribution in [1.82, 2.24) is 24.4 Å². The van der Waals surface area contributed by atoms with E-state index in [-0.39, 0.29) is 23.3 Å². The molecule has 152 valence electrons. The first-order valence-corrected chi connectivity index (χ1v) is 10.5. The first kappa shape index (κ1) is 19.2. The topological polar surface area (TPSA) is 73.7 Å². The molecule has 1 saturated heterocycles. The van der Waals surface area contributed by atoms with Gasteiger partial charge in [0.1, 0.15) is 0 Å². The van der Waals surface area contributed by atoms with Crippen molar-refractivity contribution in [2.24, 2.45) is 5.92 Å². The van der Waals surface area contributed by atoms with Gasteiger partial charge in [-0.25, -0.2) is 9.50 Å². The number of hydrogen-bond acceptors (Lipinski definition) is 4. The number of aromatic nitrogens is 3. The Hall–Kier alpha value is -2.15. The van der Waals surface area contributed by atoms with Gasteiger partial charge in [0, 0.05) is 62.2 Å². The molecule has 28 heavy (non-hydrogen) atoms. The third kappa shape index (κ3) is 3.36. The van der Waals surface area contributed by atoms with E-state index in [1.807, 2.05) is 24.8 Å². The Morgan fingerprint density at radius 1 is 1.25 bits per heavy atom. The van der Waals surface area contributed by atoms with E-state index in [4.69, 9.17) is 4.98 Å². The van der Waals surface area contributed by atoms with Gasteiger partial charge in [0.2, 0.25) is 5.91 Å². The highest BCUT2D eigenvalue weighted by Crippen LogP contribution is 2.27. The fraction of sp³-hybridized carbons (Fsp3) is 0.667. The van der Waals surface area contributed by atoms with Crippen molar-refractivity contribution in [3.63, 3.8) is 0 Å². The molecule has 4 rings (SSSR count).